The van der Waals surface area contributed by atoms with Crippen molar-refractivity contribution >= 4 is 5.97 Å². The summed E-state index contributed by atoms with van der Waals surface area (Å²) in [4.78, 5) is 11.6. The molecule has 1 aliphatic carbocycles. The van der Waals surface area contributed by atoms with E-state index >= 15 is 0 Å². The average molecular weight is 272 g/mol. The second kappa shape index (κ2) is 4.58. The Kier molecular flexibility index (Phi) is 3.36. The molecule has 0 saturated heterocycles. The van der Waals surface area contributed by atoms with Crippen molar-refractivity contribution in [2.45, 2.75) is 56.9 Å². The molecule has 6 heteroatoms. The van der Waals surface area contributed by atoms with Crippen LogP contribution in [0.3, 0.4) is 0 Å². The van der Waals surface area contributed by atoms with Crippen molar-refractivity contribution < 1.29 is 18.7 Å². The molecule has 0 aliphatic heterocycles. The van der Waals surface area contributed by atoms with Gasteiger partial charge in [-0.3, -0.25) is 9.48 Å². The van der Waals surface area contributed by atoms with Crippen LogP contribution in [0.4, 0.5) is 8.78 Å². The van der Waals surface area contributed by atoms with Gasteiger partial charge in [-0.05, 0) is 26.7 Å². The zero-order chi connectivity index (χ0) is 14.3. The van der Waals surface area contributed by atoms with Gasteiger partial charge in [0.1, 0.15) is 0 Å². The Labute approximate surface area is 110 Å². The summed E-state index contributed by atoms with van der Waals surface area (Å²) in [5, 5.41) is 13.6. The maximum atomic E-state index is 13.2. The quantitative estimate of drug-likeness (QED) is 0.920. The smallest absolute Gasteiger partial charge is 0.314 e. The second-order valence-electron chi connectivity index (χ2n) is 5.55. The highest BCUT2D eigenvalue weighted by Gasteiger charge is 2.49. The highest BCUT2D eigenvalue weighted by Crippen LogP contribution is 2.45. The van der Waals surface area contributed by atoms with Gasteiger partial charge in [-0.2, -0.15) is 5.10 Å². The Balaban J connectivity index is 2.32. The van der Waals surface area contributed by atoms with Crippen molar-refractivity contribution in [3.8, 4) is 0 Å². The first-order valence-electron chi connectivity index (χ1n) is 6.43. The molecular weight excluding hydrogens is 254 g/mol. The fraction of sp³-hybridized carbons (Fsp3) is 0.692. The SMILES string of the molecule is CC(C)n1cc(C2(C(=O)O)CCC(F)(F)CC2)cn1. The van der Waals surface area contributed by atoms with Crippen molar-refractivity contribution in [1.29, 1.82) is 0 Å². The molecule has 0 amide bonds. The Morgan fingerprint density at radius 3 is 2.37 bits per heavy atom. The van der Waals surface area contributed by atoms with Crippen LogP contribution in [0.1, 0.15) is 51.1 Å². The van der Waals surface area contributed by atoms with Crippen LogP contribution in [0.15, 0.2) is 12.4 Å². The third-order valence-corrected chi connectivity index (χ3v) is 3.93. The highest BCUT2D eigenvalue weighted by molar-refractivity contribution is 5.81. The van der Waals surface area contributed by atoms with Gasteiger partial charge in [0, 0.05) is 30.6 Å². The minimum absolute atomic E-state index is 0.0425. The molecule has 1 saturated carbocycles. The van der Waals surface area contributed by atoms with Crippen LogP contribution in [0.5, 0.6) is 0 Å². The summed E-state index contributed by atoms with van der Waals surface area (Å²) >= 11 is 0. The first-order valence-corrected chi connectivity index (χ1v) is 6.43. The van der Waals surface area contributed by atoms with Crippen LogP contribution in [0, 0.1) is 0 Å². The van der Waals surface area contributed by atoms with Crippen molar-refractivity contribution in [2.24, 2.45) is 0 Å². The van der Waals surface area contributed by atoms with Gasteiger partial charge in [0.15, 0.2) is 0 Å². The zero-order valence-corrected chi connectivity index (χ0v) is 11.1. The molecular formula is C13H18F2N2O2. The second-order valence-corrected chi connectivity index (χ2v) is 5.55. The molecule has 0 unspecified atom stereocenters. The standard InChI is InChI=1S/C13H18F2N2O2/c1-9(2)17-8-10(7-16-17)12(11(18)19)3-5-13(14,15)6-4-12/h7-9H,3-6H2,1-2H3,(H,18,19). The monoisotopic (exact) mass is 272 g/mol. The van der Waals surface area contributed by atoms with Crippen LogP contribution in [0.25, 0.3) is 0 Å². The van der Waals surface area contributed by atoms with Gasteiger partial charge in [0.05, 0.1) is 11.6 Å². The van der Waals surface area contributed by atoms with E-state index in [4.69, 9.17) is 0 Å². The van der Waals surface area contributed by atoms with Crippen LogP contribution in [0.2, 0.25) is 0 Å². The molecule has 0 bridgehead atoms. The van der Waals surface area contributed by atoms with E-state index in [9.17, 15) is 18.7 Å². The predicted octanol–water partition coefficient (Wildman–Crippen LogP) is 3.00. The molecule has 1 aromatic rings. The zero-order valence-electron chi connectivity index (χ0n) is 11.1. The van der Waals surface area contributed by atoms with Crippen molar-refractivity contribution in [3.05, 3.63) is 18.0 Å². The van der Waals surface area contributed by atoms with Crippen LogP contribution in [-0.4, -0.2) is 26.8 Å². The number of alkyl halides is 2. The molecule has 1 fully saturated rings. The number of aromatic nitrogens is 2. The van der Waals surface area contributed by atoms with Gasteiger partial charge in [-0.25, -0.2) is 8.78 Å². The van der Waals surface area contributed by atoms with Crippen LogP contribution >= 0.6 is 0 Å². The van der Waals surface area contributed by atoms with E-state index in [0.717, 1.165) is 0 Å². The molecule has 1 N–H and O–H groups in total. The third kappa shape index (κ3) is 2.48. The predicted molar refractivity (Wildman–Crippen MR) is 65.3 cm³/mol. The molecule has 1 aliphatic rings. The number of hydrogen-bond donors (Lipinski definition) is 1. The number of nitrogens with zero attached hydrogens (tertiary/aromatic N) is 2. The Morgan fingerprint density at radius 1 is 1.37 bits per heavy atom. The first kappa shape index (κ1) is 14.0. The number of carboxylic acids is 1. The molecule has 106 valence electrons. The average Bonchev–Trinajstić information content (AvgIpc) is 2.79. The molecule has 19 heavy (non-hydrogen) atoms. The number of hydrogen-bond acceptors (Lipinski definition) is 2. The van der Waals surface area contributed by atoms with E-state index in [1.165, 1.54) is 6.20 Å². The van der Waals surface area contributed by atoms with Gasteiger partial charge < -0.3 is 5.11 Å². The molecule has 0 atom stereocenters. The summed E-state index contributed by atoms with van der Waals surface area (Å²) < 4.78 is 28.2. The summed E-state index contributed by atoms with van der Waals surface area (Å²) in [5.74, 6) is -3.78. The van der Waals surface area contributed by atoms with Gasteiger partial charge >= 0.3 is 5.97 Å². The fourth-order valence-corrected chi connectivity index (χ4v) is 2.54. The summed E-state index contributed by atoms with van der Waals surface area (Å²) in [6.45, 7) is 3.86. The third-order valence-electron chi connectivity index (χ3n) is 3.93. The summed E-state index contributed by atoms with van der Waals surface area (Å²) in [6.07, 6.45) is 2.32. The van der Waals surface area contributed by atoms with E-state index in [2.05, 4.69) is 5.10 Å². The maximum Gasteiger partial charge on any atom is 0.314 e. The lowest BCUT2D eigenvalue weighted by atomic mass is 9.69. The molecule has 0 radical (unpaired) electrons. The Bertz CT molecular complexity index is 473. The van der Waals surface area contributed by atoms with E-state index in [1.54, 1.807) is 10.9 Å². The lowest BCUT2D eigenvalue weighted by Crippen LogP contribution is -2.42. The Morgan fingerprint density at radius 2 is 1.95 bits per heavy atom. The summed E-state index contributed by atoms with van der Waals surface area (Å²) in [7, 11) is 0. The number of carbonyl (C=O) groups is 1. The van der Waals surface area contributed by atoms with Crippen LogP contribution < -0.4 is 0 Å². The fourth-order valence-electron chi connectivity index (χ4n) is 2.54. The summed E-state index contributed by atoms with van der Waals surface area (Å²) in [6, 6.07) is 0.115. The van der Waals surface area contributed by atoms with E-state index < -0.39 is 17.3 Å². The highest BCUT2D eigenvalue weighted by atomic mass is 19.3. The van der Waals surface area contributed by atoms with Gasteiger partial charge in [-0.15, -0.1) is 0 Å². The maximum absolute atomic E-state index is 13.2. The molecule has 0 aromatic carbocycles. The van der Waals surface area contributed by atoms with E-state index in [-0.39, 0.29) is 31.7 Å². The first-order chi connectivity index (χ1) is 8.77. The lowest BCUT2D eigenvalue weighted by molar-refractivity contribution is -0.149. The van der Waals surface area contributed by atoms with Crippen LogP contribution in [-0.2, 0) is 10.2 Å². The van der Waals surface area contributed by atoms with Crippen molar-refractivity contribution in [3.63, 3.8) is 0 Å². The number of rotatable bonds is 3. The lowest BCUT2D eigenvalue weighted by Gasteiger charge is -2.36. The largest absolute Gasteiger partial charge is 0.481 e. The van der Waals surface area contributed by atoms with Gasteiger partial charge in [-0.1, -0.05) is 0 Å². The Hall–Kier alpha value is -1.46. The van der Waals surface area contributed by atoms with E-state index in [0.29, 0.717) is 5.56 Å². The number of carboxylic acid groups (broad SMARTS) is 1. The number of aliphatic carboxylic acids is 1. The normalized spacial score (nSPS) is 21.5. The molecule has 1 aromatic heterocycles. The molecule has 2 rings (SSSR count). The van der Waals surface area contributed by atoms with Crippen molar-refractivity contribution in [1.82, 2.24) is 9.78 Å². The molecule has 0 spiro atoms. The molecule has 4 nitrogen and oxygen atoms in total. The van der Waals surface area contributed by atoms with Crippen molar-refractivity contribution in [2.75, 3.05) is 0 Å². The number of halogens is 2. The minimum Gasteiger partial charge on any atom is -0.481 e. The summed E-state index contributed by atoms with van der Waals surface area (Å²) in [5.41, 5.74) is -0.682. The minimum atomic E-state index is -2.74. The molecule has 1 heterocycles. The van der Waals surface area contributed by atoms with E-state index in [1.807, 2.05) is 13.8 Å². The topological polar surface area (TPSA) is 55.1 Å². The van der Waals surface area contributed by atoms with Gasteiger partial charge in [0.2, 0.25) is 5.92 Å². The van der Waals surface area contributed by atoms with Gasteiger partial charge in [0.25, 0.3) is 0 Å².